The zero-order valence-corrected chi connectivity index (χ0v) is 26.3. The lowest BCUT2D eigenvalue weighted by molar-refractivity contribution is 0.297. The van der Waals surface area contributed by atoms with Gasteiger partial charge in [0.1, 0.15) is 12.4 Å². The van der Waals surface area contributed by atoms with Crippen LogP contribution in [-0.2, 0) is 24.6 Å². The summed E-state index contributed by atoms with van der Waals surface area (Å²) in [6.45, 7) is 5.30. The van der Waals surface area contributed by atoms with E-state index in [1.807, 2.05) is 0 Å². The van der Waals surface area contributed by atoms with Crippen molar-refractivity contribution in [2.24, 2.45) is 0 Å². The highest BCUT2D eigenvalue weighted by atomic mass is 31.1. The predicted molar refractivity (Wildman–Crippen MR) is 182 cm³/mol. The predicted octanol–water partition coefficient (Wildman–Crippen LogP) is 9.14. The van der Waals surface area contributed by atoms with E-state index in [0.29, 0.717) is 15.2 Å². The number of nitrogens with zero attached hydrogens (tertiary/aromatic N) is 1. The van der Waals surface area contributed by atoms with Crippen molar-refractivity contribution >= 4 is 19.6 Å². The molecule has 3 heteroatoms. The zero-order chi connectivity index (χ0) is 29.4. The van der Waals surface area contributed by atoms with Gasteiger partial charge in [0.05, 0.1) is 0 Å². The zero-order valence-electron chi connectivity index (χ0n) is 25.3. The molecule has 0 heterocycles. The van der Waals surface area contributed by atoms with E-state index in [-0.39, 0.29) is 5.16 Å². The molecule has 0 N–H and O–H groups in total. The largest absolute Gasteiger partial charge is 0.488 e. The first-order valence-corrected chi connectivity index (χ1v) is 15.9. The fourth-order valence-electron chi connectivity index (χ4n) is 5.56. The number of anilines is 1. The molecule has 0 saturated carbocycles. The number of rotatable bonds is 12. The molecule has 214 valence electrons. The van der Waals surface area contributed by atoms with E-state index in [2.05, 4.69) is 160 Å². The SMILES string of the molecule is CCC(C)(Pc1ccccc1N(C)C)c1cc(Cc2ccccc2)cc(Cc2ccccc2)c1OCc1ccccc1. The Hall–Kier alpha value is -3.87. The molecule has 0 saturated heterocycles. The molecule has 0 spiro atoms. The highest BCUT2D eigenvalue weighted by Crippen LogP contribution is 2.50. The molecule has 0 amide bonds. The molecule has 2 atom stereocenters. The summed E-state index contributed by atoms with van der Waals surface area (Å²) >= 11 is 0. The number of benzene rings is 5. The van der Waals surface area contributed by atoms with Gasteiger partial charge in [-0.25, -0.2) is 0 Å². The quantitative estimate of drug-likeness (QED) is 0.139. The van der Waals surface area contributed by atoms with Gasteiger partial charge in [0.25, 0.3) is 0 Å². The van der Waals surface area contributed by atoms with Crippen LogP contribution in [0.1, 0.15) is 53.6 Å². The highest BCUT2D eigenvalue weighted by Gasteiger charge is 2.32. The van der Waals surface area contributed by atoms with Crippen molar-refractivity contribution < 1.29 is 4.74 Å². The molecule has 5 rings (SSSR count). The first-order chi connectivity index (χ1) is 20.4. The summed E-state index contributed by atoms with van der Waals surface area (Å²) in [6, 6.07) is 45.8. The molecule has 0 bridgehead atoms. The number of ether oxygens (including phenoxy) is 1. The first kappa shape index (κ1) is 29.6. The summed E-state index contributed by atoms with van der Waals surface area (Å²) in [5.41, 5.74) is 8.99. The van der Waals surface area contributed by atoms with E-state index in [0.717, 1.165) is 25.0 Å². The minimum atomic E-state index is -0.101. The number of hydrogen-bond donors (Lipinski definition) is 0. The lowest BCUT2D eigenvalue weighted by Crippen LogP contribution is -2.24. The Morgan fingerprint density at radius 1 is 0.643 bits per heavy atom. The molecular formula is C39H42NOP. The van der Waals surface area contributed by atoms with Crippen LogP contribution in [0.5, 0.6) is 5.75 Å². The van der Waals surface area contributed by atoms with Crippen LogP contribution in [0.4, 0.5) is 5.69 Å². The van der Waals surface area contributed by atoms with Crippen LogP contribution in [0, 0.1) is 0 Å². The molecule has 5 aromatic rings. The van der Waals surface area contributed by atoms with E-state index in [4.69, 9.17) is 4.74 Å². The Morgan fingerprint density at radius 3 is 1.79 bits per heavy atom. The Bertz CT molecular complexity index is 1570. The number of hydrogen-bond acceptors (Lipinski definition) is 2. The van der Waals surface area contributed by atoms with Gasteiger partial charge in [-0.05, 0) is 52.0 Å². The molecule has 5 aromatic carbocycles. The van der Waals surface area contributed by atoms with Crippen LogP contribution < -0.4 is 14.9 Å². The molecule has 0 aliphatic heterocycles. The van der Waals surface area contributed by atoms with Crippen molar-refractivity contribution in [2.45, 2.75) is 44.9 Å². The monoisotopic (exact) mass is 571 g/mol. The van der Waals surface area contributed by atoms with Gasteiger partial charge in [0, 0.05) is 36.9 Å². The van der Waals surface area contributed by atoms with Gasteiger partial charge in [-0.1, -0.05) is 144 Å². The fraction of sp³-hybridized carbons (Fsp3) is 0.231. The van der Waals surface area contributed by atoms with Crippen molar-refractivity contribution in [1.29, 1.82) is 0 Å². The Morgan fingerprint density at radius 2 is 1.19 bits per heavy atom. The van der Waals surface area contributed by atoms with Crippen molar-refractivity contribution in [3.8, 4) is 5.75 Å². The molecule has 0 fully saturated rings. The van der Waals surface area contributed by atoms with Crippen molar-refractivity contribution in [3.05, 3.63) is 161 Å². The normalized spacial score (nSPS) is 12.8. The van der Waals surface area contributed by atoms with Crippen LogP contribution in [0.25, 0.3) is 0 Å². The summed E-state index contributed by atoms with van der Waals surface area (Å²) in [5.74, 6) is 1.04. The molecule has 2 unspecified atom stereocenters. The molecule has 42 heavy (non-hydrogen) atoms. The van der Waals surface area contributed by atoms with E-state index in [1.165, 1.54) is 44.4 Å². The molecule has 0 radical (unpaired) electrons. The summed E-state index contributed by atoms with van der Waals surface area (Å²) in [5, 5.41) is 1.29. The minimum Gasteiger partial charge on any atom is -0.488 e. The third kappa shape index (κ3) is 7.30. The van der Waals surface area contributed by atoms with Gasteiger partial charge >= 0.3 is 0 Å². The van der Waals surface area contributed by atoms with Gasteiger partial charge in [-0.3, -0.25) is 0 Å². The fourth-order valence-corrected chi connectivity index (χ4v) is 7.26. The molecule has 0 aliphatic carbocycles. The third-order valence-electron chi connectivity index (χ3n) is 8.04. The van der Waals surface area contributed by atoms with Gasteiger partial charge in [-0.2, -0.15) is 0 Å². The van der Waals surface area contributed by atoms with Gasteiger partial charge < -0.3 is 9.64 Å². The summed E-state index contributed by atoms with van der Waals surface area (Å²) < 4.78 is 6.89. The minimum absolute atomic E-state index is 0.101. The van der Waals surface area contributed by atoms with Crippen LogP contribution in [-0.4, -0.2) is 14.1 Å². The van der Waals surface area contributed by atoms with E-state index >= 15 is 0 Å². The van der Waals surface area contributed by atoms with Gasteiger partial charge in [0.15, 0.2) is 0 Å². The number of para-hydroxylation sites is 1. The average molecular weight is 572 g/mol. The Balaban J connectivity index is 1.66. The summed E-state index contributed by atoms with van der Waals surface area (Å²) in [4.78, 5) is 2.23. The highest BCUT2D eigenvalue weighted by molar-refractivity contribution is 7.49. The maximum absolute atomic E-state index is 6.89. The van der Waals surface area contributed by atoms with Crippen molar-refractivity contribution in [1.82, 2.24) is 0 Å². The smallest absolute Gasteiger partial charge is 0.127 e. The Kier molecular flexibility index (Phi) is 9.78. The lowest BCUT2D eigenvalue weighted by atomic mass is 9.88. The van der Waals surface area contributed by atoms with Crippen molar-refractivity contribution in [2.75, 3.05) is 19.0 Å². The van der Waals surface area contributed by atoms with Crippen LogP contribution >= 0.6 is 8.58 Å². The standard InChI is InChI=1S/C39H42NOP/c1-5-39(2,42-37-24-16-15-23-36(37)40(3)4)35-28-33(25-30-17-9-6-10-18-30)27-34(26-31-19-11-7-12-20-31)38(35)41-29-32-21-13-8-14-22-32/h6-24,27-28,42H,5,25-26,29H2,1-4H3. The van der Waals surface area contributed by atoms with Gasteiger partial charge in [0.2, 0.25) is 0 Å². The topological polar surface area (TPSA) is 12.5 Å². The Labute approximate surface area is 254 Å². The third-order valence-corrected chi connectivity index (χ3v) is 9.90. The molecular weight excluding hydrogens is 529 g/mol. The second-order valence-electron chi connectivity index (χ2n) is 11.5. The summed E-state index contributed by atoms with van der Waals surface area (Å²) in [6.07, 6.45) is 2.73. The second-order valence-corrected chi connectivity index (χ2v) is 13.3. The van der Waals surface area contributed by atoms with E-state index in [1.54, 1.807) is 0 Å². The van der Waals surface area contributed by atoms with Gasteiger partial charge in [-0.15, -0.1) is 0 Å². The maximum Gasteiger partial charge on any atom is 0.127 e. The van der Waals surface area contributed by atoms with E-state index < -0.39 is 0 Å². The maximum atomic E-state index is 6.89. The lowest BCUT2D eigenvalue weighted by Gasteiger charge is -2.34. The van der Waals surface area contributed by atoms with E-state index in [9.17, 15) is 0 Å². The second kappa shape index (κ2) is 13.9. The average Bonchev–Trinajstić information content (AvgIpc) is 3.02. The van der Waals surface area contributed by atoms with Crippen LogP contribution in [0.3, 0.4) is 0 Å². The summed E-state index contributed by atoms with van der Waals surface area (Å²) in [7, 11) is 4.87. The molecule has 0 aliphatic rings. The first-order valence-electron chi connectivity index (χ1n) is 14.9. The van der Waals surface area contributed by atoms with Crippen LogP contribution in [0.15, 0.2) is 127 Å². The van der Waals surface area contributed by atoms with Crippen molar-refractivity contribution in [3.63, 3.8) is 0 Å². The molecule has 0 aromatic heterocycles. The van der Waals surface area contributed by atoms with Crippen LogP contribution in [0.2, 0.25) is 0 Å². The molecule has 2 nitrogen and oxygen atoms in total.